The van der Waals surface area contributed by atoms with Crippen molar-refractivity contribution in [3.05, 3.63) is 75.2 Å². The van der Waals surface area contributed by atoms with Crippen molar-refractivity contribution in [2.75, 3.05) is 0 Å². The minimum absolute atomic E-state index is 0.146. The van der Waals surface area contributed by atoms with E-state index < -0.39 is 11.2 Å². The molecule has 0 atom stereocenters. The van der Waals surface area contributed by atoms with E-state index in [1.165, 1.54) is 35.1 Å². The van der Waals surface area contributed by atoms with E-state index >= 15 is 0 Å². The average molecular weight is 380 g/mol. The number of carbonyl (C=O) groups excluding carboxylic acids is 1. The van der Waals surface area contributed by atoms with Crippen LogP contribution in [-0.4, -0.2) is 24.6 Å². The van der Waals surface area contributed by atoms with Gasteiger partial charge in [-0.3, -0.25) is 23.3 Å². The van der Waals surface area contributed by atoms with Crippen LogP contribution in [0.4, 0.5) is 0 Å². The summed E-state index contributed by atoms with van der Waals surface area (Å²) in [5.74, 6) is -0.198. The van der Waals surface area contributed by atoms with Crippen molar-refractivity contribution in [1.82, 2.24) is 18.7 Å². The van der Waals surface area contributed by atoms with Gasteiger partial charge in [-0.2, -0.15) is 0 Å². The third kappa shape index (κ3) is 4.03. The number of rotatable bonds is 7. The minimum atomic E-state index is -0.509. The second-order valence-corrected chi connectivity index (χ2v) is 6.77. The van der Waals surface area contributed by atoms with Gasteiger partial charge < -0.3 is 0 Å². The third-order valence-corrected chi connectivity index (χ3v) is 4.79. The van der Waals surface area contributed by atoms with Crippen LogP contribution in [0.5, 0.6) is 0 Å². The summed E-state index contributed by atoms with van der Waals surface area (Å²) in [6.45, 7) is 0. The van der Waals surface area contributed by atoms with Crippen molar-refractivity contribution >= 4 is 17.1 Å². The molecule has 7 nitrogen and oxygen atoms in total. The molecule has 0 fully saturated rings. The molecule has 28 heavy (non-hydrogen) atoms. The highest BCUT2D eigenvalue weighted by Crippen LogP contribution is 2.09. The van der Waals surface area contributed by atoms with E-state index in [0.717, 1.165) is 23.8 Å². The van der Waals surface area contributed by atoms with Crippen LogP contribution in [0.3, 0.4) is 0 Å². The highest BCUT2D eigenvalue weighted by molar-refractivity contribution is 5.88. The molecule has 2 heterocycles. The number of fused-ring (bicyclic) bond motifs is 1. The number of hydrogen-bond donors (Lipinski definition) is 0. The maximum Gasteiger partial charge on any atom is 0.332 e. The first kappa shape index (κ1) is 19.5. The summed E-state index contributed by atoms with van der Waals surface area (Å²) in [6, 6.07) is 10.3. The number of nitrogens with zero attached hydrogens (tertiary/aromatic N) is 4. The fraction of sp³-hybridized carbons (Fsp3) is 0.333. The van der Waals surface area contributed by atoms with E-state index in [2.05, 4.69) is 29.3 Å². The number of aryl methyl sites for hydroxylation is 2. The zero-order valence-electron chi connectivity index (χ0n) is 16.2. The number of allylic oxidation sites excluding steroid dienone is 2. The van der Waals surface area contributed by atoms with Gasteiger partial charge in [0.05, 0.1) is 0 Å². The minimum Gasteiger partial charge on any atom is -0.279 e. The molecule has 0 unspecified atom stereocenters. The lowest BCUT2D eigenvalue weighted by atomic mass is 10.1. The zero-order valence-corrected chi connectivity index (χ0v) is 16.2. The van der Waals surface area contributed by atoms with Crippen LogP contribution in [0.15, 0.2) is 58.4 Å². The lowest BCUT2D eigenvalue weighted by Crippen LogP contribution is -2.38. The molecule has 0 saturated carbocycles. The topological polar surface area (TPSA) is 78.9 Å². The summed E-state index contributed by atoms with van der Waals surface area (Å²) in [5.41, 5.74) is 0.709. The Kier molecular flexibility index (Phi) is 6.03. The fourth-order valence-electron chi connectivity index (χ4n) is 3.16. The van der Waals surface area contributed by atoms with Crippen molar-refractivity contribution in [2.45, 2.75) is 32.1 Å². The second kappa shape index (κ2) is 8.65. The Balaban J connectivity index is 1.56. The molecule has 3 rings (SSSR count). The quantitative estimate of drug-likeness (QED) is 0.466. The Labute approximate surface area is 162 Å². The lowest BCUT2D eigenvalue weighted by molar-refractivity contribution is 0.0905. The van der Waals surface area contributed by atoms with E-state index in [1.807, 2.05) is 18.2 Å². The number of benzene rings is 1. The van der Waals surface area contributed by atoms with Crippen molar-refractivity contribution in [1.29, 1.82) is 0 Å². The molecule has 2 aromatic heterocycles. The number of aromatic nitrogens is 4. The Hall–Kier alpha value is -3.22. The Morgan fingerprint density at radius 1 is 1.04 bits per heavy atom. The molecular formula is C21H24N4O3. The molecule has 0 saturated heterocycles. The number of imidazole rings is 1. The van der Waals surface area contributed by atoms with Crippen LogP contribution in [0.25, 0.3) is 11.2 Å². The average Bonchev–Trinajstić information content (AvgIpc) is 3.16. The normalized spacial score (nSPS) is 11.5. The van der Waals surface area contributed by atoms with Gasteiger partial charge in [0.15, 0.2) is 11.2 Å². The van der Waals surface area contributed by atoms with Gasteiger partial charge in [0, 0.05) is 20.5 Å². The SMILES string of the molecule is Cn1c(=O)c2c(ncn2C(=O)CCC/C=C/CCc2ccccc2)n(C)c1=O. The molecular weight excluding hydrogens is 356 g/mol. The molecule has 0 bridgehead atoms. The zero-order chi connectivity index (χ0) is 20.1. The summed E-state index contributed by atoms with van der Waals surface area (Å²) in [6.07, 6.45) is 9.30. The summed E-state index contributed by atoms with van der Waals surface area (Å²) in [7, 11) is 2.93. The van der Waals surface area contributed by atoms with E-state index in [4.69, 9.17) is 0 Å². The molecule has 0 amide bonds. The third-order valence-electron chi connectivity index (χ3n) is 4.79. The largest absolute Gasteiger partial charge is 0.332 e. The first-order valence-electron chi connectivity index (χ1n) is 9.36. The van der Waals surface area contributed by atoms with Gasteiger partial charge >= 0.3 is 5.69 Å². The molecule has 0 aliphatic carbocycles. The van der Waals surface area contributed by atoms with E-state index in [-0.39, 0.29) is 17.1 Å². The Bertz CT molecular complexity index is 1120. The fourth-order valence-corrected chi connectivity index (χ4v) is 3.16. The number of carbonyl (C=O) groups is 1. The Morgan fingerprint density at radius 3 is 2.50 bits per heavy atom. The first-order chi connectivity index (χ1) is 13.5. The van der Waals surface area contributed by atoms with E-state index in [1.54, 1.807) is 0 Å². The van der Waals surface area contributed by atoms with Gasteiger partial charge in [0.25, 0.3) is 5.56 Å². The summed E-state index contributed by atoms with van der Waals surface area (Å²) in [4.78, 5) is 40.9. The number of hydrogen-bond acceptors (Lipinski definition) is 4. The van der Waals surface area contributed by atoms with Crippen LogP contribution in [-0.2, 0) is 20.5 Å². The maximum absolute atomic E-state index is 12.5. The van der Waals surface area contributed by atoms with Gasteiger partial charge in [-0.1, -0.05) is 42.5 Å². The first-order valence-corrected chi connectivity index (χ1v) is 9.36. The van der Waals surface area contributed by atoms with E-state index in [9.17, 15) is 14.4 Å². The van der Waals surface area contributed by atoms with Gasteiger partial charge in [-0.15, -0.1) is 0 Å². The molecule has 0 aliphatic rings. The monoisotopic (exact) mass is 380 g/mol. The van der Waals surface area contributed by atoms with Gasteiger partial charge in [-0.05, 0) is 31.2 Å². The van der Waals surface area contributed by atoms with Crippen LogP contribution in [0.2, 0.25) is 0 Å². The van der Waals surface area contributed by atoms with Crippen LogP contribution in [0.1, 0.15) is 36.0 Å². The summed E-state index contributed by atoms with van der Waals surface area (Å²) >= 11 is 0. The van der Waals surface area contributed by atoms with Crippen molar-refractivity contribution in [3.8, 4) is 0 Å². The van der Waals surface area contributed by atoms with Gasteiger partial charge in [-0.25, -0.2) is 9.78 Å². The Morgan fingerprint density at radius 2 is 1.75 bits per heavy atom. The van der Waals surface area contributed by atoms with Gasteiger partial charge in [0.2, 0.25) is 5.91 Å². The summed E-state index contributed by atoms with van der Waals surface area (Å²) < 4.78 is 3.52. The maximum atomic E-state index is 12.5. The molecule has 146 valence electrons. The molecule has 0 spiro atoms. The predicted molar refractivity (Wildman–Crippen MR) is 109 cm³/mol. The van der Waals surface area contributed by atoms with Gasteiger partial charge in [0.1, 0.15) is 6.33 Å². The second-order valence-electron chi connectivity index (χ2n) is 6.77. The summed E-state index contributed by atoms with van der Waals surface area (Å²) in [5, 5.41) is 0. The predicted octanol–water partition coefficient (Wildman–Crippen LogP) is 2.43. The molecule has 0 aliphatic heterocycles. The van der Waals surface area contributed by atoms with Crippen LogP contribution >= 0.6 is 0 Å². The molecule has 0 radical (unpaired) electrons. The van der Waals surface area contributed by atoms with Crippen molar-refractivity contribution in [3.63, 3.8) is 0 Å². The molecule has 0 N–H and O–H groups in total. The molecule has 7 heteroatoms. The highest BCUT2D eigenvalue weighted by Gasteiger charge is 2.17. The lowest BCUT2D eigenvalue weighted by Gasteiger charge is -2.05. The van der Waals surface area contributed by atoms with Crippen LogP contribution in [0, 0.1) is 0 Å². The standard InChI is InChI=1S/C21H24N4O3/c1-23-19-18(20(27)24(2)21(23)28)25(15-22-19)17(26)14-10-5-3-4-7-11-16-12-8-6-9-13-16/h3-4,6,8-9,12-13,15H,5,7,10-11,14H2,1-2H3/b4-3+. The van der Waals surface area contributed by atoms with Crippen LogP contribution < -0.4 is 11.2 Å². The number of unbranched alkanes of at least 4 members (excludes halogenated alkanes) is 1. The van der Waals surface area contributed by atoms with Crippen molar-refractivity contribution < 1.29 is 4.79 Å². The smallest absolute Gasteiger partial charge is 0.279 e. The van der Waals surface area contributed by atoms with E-state index in [0.29, 0.717) is 12.8 Å². The molecule has 1 aromatic carbocycles. The van der Waals surface area contributed by atoms with Crippen molar-refractivity contribution in [2.24, 2.45) is 14.1 Å². The highest BCUT2D eigenvalue weighted by atomic mass is 16.2. The molecule has 3 aromatic rings.